The summed E-state index contributed by atoms with van der Waals surface area (Å²) >= 11 is 3.22. The standard InChI is InChI=1S/C10H11BrO2/c1-12-9-5-3-4-8(6-7-11)10(9)13-2/h3-7H,1-2H3/b7-6+. The number of para-hydroxylation sites is 1. The van der Waals surface area contributed by atoms with E-state index in [4.69, 9.17) is 9.47 Å². The quantitative estimate of drug-likeness (QED) is 0.812. The molecule has 0 aliphatic rings. The summed E-state index contributed by atoms with van der Waals surface area (Å²) in [6.07, 6.45) is 1.90. The molecule has 13 heavy (non-hydrogen) atoms. The van der Waals surface area contributed by atoms with Crippen molar-refractivity contribution in [3.8, 4) is 11.5 Å². The number of benzene rings is 1. The van der Waals surface area contributed by atoms with E-state index >= 15 is 0 Å². The van der Waals surface area contributed by atoms with Crippen LogP contribution in [0.15, 0.2) is 23.2 Å². The van der Waals surface area contributed by atoms with E-state index in [9.17, 15) is 0 Å². The van der Waals surface area contributed by atoms with Gasteiger partial charge in [-0.15, -0.1) is 0 Å². The van der Waals surface area contributed by atoms with Gasteiger partial charge in [0.1, 0.15) is 0 Å². The van der Waals surface area contributed by atoms with Crippen LogP contribution in [0.3, 0.4) is 0 Å². The zero-order valence-corrected chi connectivity index (χ0v) is 9.17. The molecule has 0 amide bonds. The highest BCUT2D eigenvalue weighted by Crippen LogP contribution is 2.31. The Morgan fingerprint density at radius 3 is 2.54 bits per heavy atom. The number of rotatable bonds is 3. The summed E-state index contributed by atoms with van der Waals surface area (Å²) in [5.41, 5.74) is 0.985. The second kappa shape index (κ2) is 4.92. The minimum absolute atomic E-state index is 0.741. The number of ether oxygens (including phenoxy) is 2. The molecule has 0 aliphatic carbocycles. The second-order valence-electron chi connectivity index (χ2n) is 2.38. The SMILES string of the molecule is COc1cccc(/C=C/Br)c1OC. The summed E-state index contributed by atoms with van der Waals surface area (Å²) in [4.78, 5) is 1.78. The van der Waals surface area contributed by atoms with E-state index in [1.54, 1.807) is 19.2 Å². The van der Waals surface area contributed by atoms with Gasteiger partial charge in [-0.2, -0.15) is 0 Å². The summed E-state index contributed by atoms with van der Waals surface area (Å²) < 4.78 is 10.4. The lowest BCUT2D eigenvalue weighted by Crippen LogP contribution is -1.92. The average molecular weight is 243 g/mol. The van der Waals surface area contributed by atoms with Crippen molar-refractivity contribution < 1.29 is 9.47 Å². The largest absolute Gasteiger partial charge is 0.493 e. The smallest absolute Gasteiger partial charge is 0.167 e. The first kappa shape index (κ1) is 10.1. The van der Waals surface area contributed by atoms with Gasteiger partial charge in [0.25, 0.3) is 0 Å². The minimum atomic E-state index is 0.741. The van der Waals surface area contributed by atoms with Gasteiger partial charge in [0.2, 0.25) is 0 Å². The minimum Gasteiger partial charge on any atom is -0.493 e. The molecular weight excluding hydrogens is 232 g/mol. The van der Waals surface area contributed by atoms with E-state index in [1.165, 1.54) is 0 Å². The van der Waals surface area contributed by atoms with Crippen LogP contribution in [-0.4, -0.2) is 14.2 Å². The Morgan fingerprint density at radius 1 is 1.23 bits per heavy atom. The van der Waals surface area contributed by atoms with Crippen LogP contribution in [0.2, 0.25) is 0 Å². The van der Waals surface area contributed by atoms with Crippen LogP contribution >= 0.6 is 15.9 Å². The van der Waals surface area contributed by atoms with Crippen LogP contribution < -0.4 is 9.47 Å². The predicted molar refractivity (Wildman–Crippen MR) is 57.5 cm³/mol. The summed E-state index contributed by atoms with van der Waals surface area (Å²) in [7, 11) is 3.25. The lowest BCUT2D eigenvalue weighted by molar-refractivity contribution is 0.354. The maximum atomic E-state index is 5.22. The van der Waals surface area contributed by atoms with E-state index in [-0.39, 0.29) is 0 Å². The fourth-order valence-corrected chi connectivity index (χ4v) is 1.40. The number of methoxy groups -OCH3 is 2. The molecule has 1 aromatic rings. The van der Waals surface area contributed by atoms with Crippen LogP contribution in [0.25, 0.3) is 6.08 Å². The van der Waals surface area contributed by atoms with E-state index in [0.29, 0.717) is 0 Å². The van der Waals surface area contributed by atoms with Gasteiger partial charge in [-0.05, 0) is 17.1 Å². The average Bonchev–Trinajstić information content (AvgIpc) is 2.18. The topological polar surface area (TPSA) is 18.5 Å². The molecule has 70 valence electrons. The molecule has 0 aromatic heterocycles. The molecule has 0 saturated carbocycles. The van der Waals surface area contributed by atoms with Crippen molar-refractivity contribution in [3.05, 3.63) is 28.7 Å². The van der Waals surface area contributed by atoms with Crippen molar-refractivity contribution in [2.24, 2.45) is 0 Å². The third kappa shape index (κ3) is 2.25. The van der Waals surface area contributed by atoms with E-state index in [2.05, 4.69) is 15.9 Å². The van der Waals surface area contributed by atoms with Gasteiger partial charge in [0.05, 0.1) is 14.2 Å². The second-order valence-corrected chi connectivity index (χ2v) is 2.90. The van der Waals surface area contributed by atoms with Crippen LogP contribution in [0, 0.1) is 0 Å². The summed E-state index contributed by atoms with van der Waals surface area (Å²) in [6.45, 7) is 0. The third-order valence-corrected chi connectivity index (χ3v) is 1.94. The van der Waals surface area contributed by atoms with Crippen molar-refractivity contribution in [2.45, 2.75) is 0 Å². The molecular formula is C10H11BrO2. The van der Waals surface area contributed by atoms with E-state index in [1.807, 2.05) is 24.3 Å². The molecule has 0 bridgehead atoms. The molecule has 0 N–H and O–H groups in total. The maximum absolute atomic E-state index is 5.22. The fourth-order valence-electron chi connectivity index (χ4n) is 1.11. The Balaban J connectivity index is 3.18. The molecule has 0 spiro atoms. The molecule has 0 heterocycles. The van der Waals surface area contributed by atoms with E-state index in [0.717, 1.165) is 17.1 Å². The summed E-state index contributed by atoms with van der Waals surface area (Å²) in [5, 5.41) is 0. The van der Waals surface area contributed by atoms with Crippen LogP contribution in [0.4, 0.5) is 0 Å². The fraction of sp³-hybridized carbons (Fsp3) is 0.200. The van der Waals surface area contributed by atoms with Crippen LogP contribution in [-0.2, 0) is 0 Å². The van der Waals surface area contributed by atoms with Crippen molar-refractivity contribution in [1.29, 1.82) is 0 Å². The number of hydrogen-bond acceptors (Lipinski definition) is 2. The molecule has 2 nitrogen and oxygen atoms in total. The Morgan fingerprint density at radius 2 is 2.00 bits per heavy atom. The normalized spacial score (nSPS) is 10.4. The Bertz CT molecular complexity index is 308. The van der Waals surface area contributed by atoms with Gasteiger partial charge in [0, 0.05) is 5.56 Å². The van der Waals surface area contributed by atoms with Gasteiger partial charge in [-0.25, -0.2) is 0 Å². The Labute approximate surface area is 86.3 Å². The van der Waals surface area contributed by atoms with Gasteiger partial charge in [0.15, 0.2) is 11.5 Å². The molecule has 0 fully saturated rings. The van der Waals surface area contributed by atoms with Gasteiger partial charge >= 0.3 is 0 Å². The van der Waals surface area contributed by atoms with Crippen molar-refractivity contribution in [1.82, 2.24) is 0 Å². The molecule has 1 aromatic carbocycles. The van der Waals surface area contributed by atoms with Crippen LogP contribution in [0.1, 0.15) is 5.56 Å². The highest BCUT2D eigenvalue weighted by atomic mass is 79.9. The molecule has 0 atom stereocenters. The van der Waals surface area contributed by atoms with Crippen molar-refractivity contribution in [2.75, 3.05) is 14.2 Å². The highest BCUT2D eigenvalue weighted by molar-refractivity contribution is 9.11. The summed E-state index contributed by atoms with van der Waals surface area (Å²) in [6, 6.07) is 5.74. The first-order valence-corrected chi connectivity index (χ1v) is 4.72. The molecule has 1 rings (SSSR count). The molecule has 0 saturated heterocycles. The monoisotopic (exact) mass is 242 g/mol. The first-order valence-electron chi connectivity index (χ1n) is 3.81. The predicted octanol–water partition coefficient (Wildman–Crippen LogP) is 3.07. The van der Waals surface area contributed by atoms with E-state index < -0.39 is 0 Å². The zero-order valence-electron chi connectivity index (χ0n) is 7.58. The molecule has 0 unspecified atom stereocenters. The molecule has 0 aliphatic heterocycles. The molecule has 0 radical (unpaired) electrons. The van der Waals surface area contributed by atoms with Gasteiger partial charge in [-0.3, -0.25) is 0 Å². The van der Waals surface area contributed by atoms with Crippen LogP contribution in [0.5, 0.6) is 11.5 Å². The highest BCUT2D eigenvalue weighted by Gasteiger charge is 2.05. The lowest BCUT2D eigenvalue weighted by atomic mass is 10.2. The first-order chi connectivity index (χ1) is 6.33. The zero-order chi connectivity index (χ0) is 9.68. The number of halogens is 1. The van der Waals surface area contributed by atoms with Crippen molar-refractivity contribution >= 4 is 22.0 Å². The van der Waals surface area contributed by atoms with Gasteiger partial charge in [-0.1, -0.05) is 28.1 Å². The third-order valence-electron chi connectivity index (χ3n) is 1.68. The maximum Gasteiger partial charge on any atom is 0.167 e. The Kier molecular flexibility index (Phi) is 3.83. The Hall–Kier alpha value is -0.960. The number of hydrogen-bond donors (Lipinski definition) is 0. The lowest BCUT2D eigenvalue weighted by Gasteiger charge is -2.09. The summed E-state index contributed by atoms with van der Waals surface area (Å²) in [5.74, 6) is 1.49. The van der Waals surface area contributed by atoms with Gasteiger partial charge < -0.3 is 9.47 Å². The molecule has 3 heteroatoms. The van der Waals surface area contributed by atoms with Crippen molar-refractivity contribution in [3.63, 3.8) is 0 Å².